The van der Waals surface area contributed by atoms with E-state index in [0.717, 1.165) is 22.3 Å². The number of benzene rings is 2. The lowest BCUT2D eigenvalue weighted by Gasteiger charge is -2.22. The Bertz CT molecular complexity index is 1050. The summed E-state index contributed by atoms with van der Waals surface area (Å²) >= 11 is 0. The minimum atomic E-state index is -4.98. The fourth-order valence-electron chi connectivity index (χ4n) is 4.03. The van der Waals surface area contributed by atoms with Gasteiger partial charge in [-0.1, -0.05) is 48.5 Å². The van der Waals surface area contributed by atoms with Gasteiger partial charge in [-0.3, -0.25) is 4.79 Å². The van der Waals surface area contributed by atoms with Gasteiger partial charge in [0.25, 0.3) is 0 Å². The lowest BCUT2D eigenvalue weighted by molar-refractivity contribution is -0.182. The minimum absolute atomic E-state index is 0.0540. The van der Waals surface area contributed by atoms with E-state index in [1.54, 1.807) is 0 Å². The number of alkyl carbamates (subject to hydrolysis) is 1. The molecule has 2 aromatic carbocycles. The van der Waals surface area contributed by atoms with Crippen LogP contribution in [0.2, 0.25) is 0 Å². The Morgan fingerprint density at radius 2 is 1.58 bits per heavy atom. The second kappa shape index (κ2) is 8.42. The van der Waals surface area contributed by atoms with Gasteiger partial charge in [-0.05, 0) is 35.1 Å². The molecule has 174 valence electrons. The van der Waals surface area contributed by atoms with Crippen LogP contribution in [0.15, 0.2) is 48.5 Å². The Hall–Kier alpha value is -3.56. The van der Waals surface area contributed by atoms with Crippen molar-refractivity contribution in [1.82, 2.24) is 10.6 Å². The summed E-state index contributed by atoms with van der Waals surface area (Å²) < 4.78 is 45.3. The number of fused-ring (bicyclic) bond motifs is 3. The first kappa shape index (κ1) is 22.6. The van der Waals surface area contributed by atoms with Crippen LogP contribution in [0, 0.1) is 5.92 Å². The maximum Gasteiger partial charge on any atom is 0.407 e. The predicted molar refractivity (Wildman–Crippen MR) is 110 cm³/mol. The molecule has 0 saturated heterocycles. The van der Waals surface area contributed by atoms with Crippen LogP contribution in [0.3, 0.4) is 0 Å². The van der Waals surface area contributed by atoms with E-state index in [4.69, 9.17) is 9.84 Å². The first-order valence-corrected chi connectivity index (χ1v) is 10.3. The molecule has 2 aliphatic rings. The Morgan fingerprint density at radius 1 is 1.03 bits per heavy atom. The van der Waals surface area contributed by atoms with Gasteiger partial charge in [-0.15, -0.1) is 0 Å². The average molecular weight is 462 g/mol. The number of ether oxygens (including phenoxy) is 1. The quantitative estimate of drug-likeness (QED) is 0.585. The Labute approximate surface area is 186 Å². The van der Waals surface area contributed by atoms with E-state index in [1.165, 1.54) is 0 Å². The number of alkyl halides is 3. The van der Waals surface area contributed by atoms with Crippen molar-refractivity contribution < 1.29 is 37.4 Å². The lowest BCUT2D eigenvalue weighted by atomic mass is 9.98. The van der Waals surface area contributed by atoms with E-state index < -0.39 is 42.1 Å². The summed E-state index contributed by atoms with van der Waals surface area (Å²) in [5.41, 5.74) is 2.24. The topological polar surface area (TPSA) is 105 Å². The predicted octanol–water partition coefficient (Wildman–Crippen LogP) is 3.44. The van der Waals surface area contributed by atoms with Crippen LogP contribution in [0.1, 0.15) is 29.9 Å². The molecule has 3 N–H and O–H groups in total. The van der Waals surface area contributed by atoms with Crippen molar-refractivity contribution in [1.29, 1.82) is 0 Å². The van der Waals surface area contributed by atoms with Crippen LogP contribution in [0.5, 0.6) is 0 Å². The third kappa shape index (κ3) is 4.50. The number of rotatable bonds is 7. The number of carboxylic acids is 1. The largest absolute Gasteiger partial charge is 0.480 e. The van der Waals surface area contributed by atoms with Gasteiger partial charge in [0, 0.05) is 12.5 Å². The summed E-state index contributed by atoms with van der Waals surface area (Å²) in [6, 6.07) is 15.2. The zero-order valence-corrected chi connectivity index (χ0v) is 17.3. The fourth-order valence-corrected chi connectivity index (χ4v) is 4.03. The molecule has 0 heterocycles. The van der Waals surface area contributed by atoms with Gasteiger partial charge >= 0.3 is 18.2 Å². The Kier molecular flexibility index (Phi) is 5.77. The minimum Gasteiger partial charge on any atom is -0.480 e. The number of hydrogen-bond donors (Lipinski definition) is 3. The number of carbonyl (C=O) groups is 3. The van der Waals surface area contributed by atoms with E-state index in [1.807, 2.05) is 59.2 Å². The number of halogens is 3. The molecule has 2 amide bonds. The zero-order valence-electron chi connectivity index (χ0n) is 17.3. The second-order valence-electron chi connectivity index (χ2n) is 8.18. The third-order valence-electron chi connectivity index (χ3n) is 6.03. The third-order valence-corrected chi connectivity index (χ3v) is 6.03. The number of carbonyl (C=O) groups excluding carboxylic acids is 2. The Morgan fingerprint density at radius 3 is 2.06 bits per heavy atom. The highest BCUT2D eigenvalue weighted by molar-refractivity contribution is 5.91. The molecular formula is C23H21F3N2O5. The molecule has 0 radical (unpaired) electrons. The molecule has 4 rings (SSSR count). The second-order valence-corrected chi connectivity index (χ2v) is 8.18. The first-order chi connectivity index (χ1) is 15.6. The molecule has 2 aromatic rings. The highest BCUT2D eigenvalue weighted by Crippen LogP contribution is 2.44. The highest BCUT2D eigenvalue weighted by Gasteiger charge is 2.55. The smallest absolute Gasteiger partial charge is 0.407 e. The van der Waals surface area contributed by atoms with E-state index in [2.05, 4.69) is 0 Å². The number of nitrogens with one attached hydrogen (secondary N) is 2. The van der Waals surface area contributed by atoms with Crippen molar-refractivity contribution >= 4 is 18.0 Å². The van der Waals surface area contributed by atoms with Crippen molar-refractivity contribution in [3.63, 3.8) is 0 Å². The van der Waals surface area contributed by atoms with Crippen molar-refractivity contribution in [2.24, 2.45) is 5.92 Å². The lowest BCUT2D eigenvalue weighted by Crippen LogP contribution is -2.52. The molecule has 0 spiro atoms. The zero-order chi connectivity index (χ0) is 23.8. The van der Waals surface area contributed by atoms with E-state index >= 15 is 0 Å². The standard InChI is InChI=1S/C23H21F3N2O5/c24-23(25,26)18(19(29)28-22(9-10-22)20(30)31)11-27-21(32)33-12-17-15-7-3-1-5-13(15)14-6-2-4-8-16(14)17/h1-8,17-18H,9-12H2,(H,27,32)(H,28,29)(H,30,31). The molecule has 1 atom stereocenters. The van der Waals surface area contributed by atoms with Crippen LogP contribution in [-0.4, -0.2) is 47.9 Å². The summed E-state index contributed by atoms with van der Waals surface area (Å²) in [6.45, 7) is -1.16. The van der Waals surface area contributed by atoms with Crippen molar-refractivity contribution in [3.05, 3.63) is 59.7 Å². The number of amides is 2. The average Bonchev–Trinajstić information content (AvgIpc) is 3.47. The van der Waals surface area contributed by atoms with Crippen LogP contribution < -0.4 is 10.6 Å². The van der Waals surface area contributed by atoms with Gasteiger partial charge in [0.1, 0.15) is 12.1 Å². The van der Waals surface area contributed by atoms with E-state index in [0.29, 0.717) is 0 Å². The normalized spacial score (nSPS) is 16.8. The maximum absolute atomic E-state index is 13.4. The number of carboxylic acid groups (broad SMARTS) is 1. The molecule has 10 heteroatoms. The van der Waals surface area contributed by atoms with Crippen molar-refractivity contribution in [3.8, 4) is 11.1 Å². The van der Waals surface area contributed by atoms with Crippen LogP contribution in [-0.2, 0) is 14.3 Å². The molecule has 0 bridgehead atoms. The van der Waals surface area contributed by atoms with Gasteiger partial charge in [-0.25, -0.2) is 9.59 Å². The molecule has 2 aliphatic carbocycles. The van der Waals surface area contributed by atoms with E-state index in [9.17, 15) is 27.6 Å². The van der Waals surface area contributed by atoms with Crippen LogP contribution >= 0.6 is 0 Å². The molecule has 1 fully saturated rings. The molecular weight excluding hydrogens is 441 g/mol. The number of aliphatic carboxylic acids is 1. The summed E-state index contributed by atoms with van der Waals surface area (Å²) in [4.78, 5) is 35.4. The fraction of sp³-hybridized carbons (Fsp3) is 0.348. The Balaban J connectivity index is 1.37. The molecule has 0 aromatic heterocycles. The van der Waals surface area contributed by atoms with Crippen molar-refractivity contribution in [2.45, 2.75) is 30.5 Å². The molecule has 7 nitrogen and oxygen atoms in total. The SMILES string of the molecule is O=C(NCC(C(=O)NC1(C(=O)O)CC1)C(F)(F)F)OCC1c2ccccc2-c2ccccc21. The summed E-state index contributed by atoms with van der Waals surface area (Å²) in [7, 11) is 0. The van der Waals surface area contributed by atoms with Gasteiger partial charge in [-0.2, -0.15) is 13.2 Å². The number of hydrogen-bond acceptors (Lipinski definition) is 4. The van der Waals surface area contributed by atoms with Crippen LogP contribution in [0.25, 0.3) is 11.1 Å². The van der Waals surface area contributed by atoms with Gasteiger partial charge < -0.3 is 20.5 Å². The summed E-state index contributed by atoms with van der Waals surface area (Å²) in [5, 5.41) is 13.0. The van der Waals surface area contributed by atoms with E-state index in [-0.39, 0.29) is 25.4 Å². The maximum atomic E-state index is 13.4. The molecule has 1 saturated carbocycles. The van der Waals surface area contributed by atoms with Crippen LogP contribution in [0.4, 0.5) is 18.0 Å². The van der Waals surface area contributed by atoms with Gasteiger partial charge in [0.2, 0.25) is 5.91 Å². The van der Waals surface area contributed by atoms with Crippen molar-refractivity contribution in [2.75, 3.05) is 13.2 Å². The summed E-state index contributed by atoms with van der Waals surface area (Å²) in [5.74, 6) is -5.76. The molecule has 33 heavy (non-hydrogen) atoms. The highest BCUT2D eigenvalue weighted by atomic mass is 19.4. The van der Waals surface area contributed by atoms with Gasteiger partial charge in [0.15, 0.2) is 5.92 Å². The summed E-state index contributed by atoms with van der Waals surface area (Å²) in [6.07, 6.45) is -5.97. The molecule has 0 aliphatic heterocycles. The first-order valence-electron chi connectivity index (χ1n) is 10.3. The van der Waals surface area contributed by atoms with Gasteiger partial charge in [0.05, 0.1) is 0 Å². The molecule has 1 unspecified atom stereocenters. The monoisotopic (exact) mass is 462 g/mol.